The maximum Gasteiger partial charge on any atom is 0.459 e. The molecule has 0 radical (unpaired) electrons. The fraction of sp³-hybridized carbons (Fsp3) is 0.556. The molecule has 5 rings (SSSR count). The van der Waals surface area contributed by atoms with E-state index in [4.69, 9.17) is 33.7 Å². The highest BCUT2D eigenvalue weighted by atomic mass is 31.2. The number of nitrogens with zero attached hydrogens (tertiary/aromatic N) is 3. The molecule has 1 saturated heterocycles. The summed E-state index contributed by atoms with van der Waals surface area (Å²) in [4.78, 5) is 35.6. The van der Waals surface area contributed by atoms with Crippen LogP contribution in [0.2, 0.25) is 0 Å². The summed E-state index contributed by atoms with van der Waals surface area (Å²) in [6.45, 7) is 4.85. The minimum absolute atomic E-state index is 0.0766. The number of hydrogen-bond donors (Lipinski definition) is 3. The van der Waals surface area contributed by atoms with E-state index in [9.17, 15) is 14.2 Å². The Morgan fingerprint density at radius 3 is 2.63 bits per heavy atom. The van der Waals surface area contributed by atoms with Gasteiger partial charge in [-0.1, -0.05) is 18.2 Å². The van der Waals surface area contributed by atoms with Crippen molar-refractivity contribution >= 4 is 30.8 Å². The second-order valence-electron chi connectivity index (χ2n) is 10.7. The van der Waals surface area contributed by atoms with Gasteiger partial charge in [-0.05, 0) is 45.7 Å². The van der Waals surface area contributed by atoms with Crippen LogP contribution in [-0.2, 0) is 32.8 Å². The Labute approximate surface area is 247 Å². The maximum absolute atomic E-state index is 14.0. The van der Waals surface area contributed by atoms with Crippen LogP contribution in [0.25, 0.3) is 11.2 Å². The zero-order chi connectivity index (χ0) is 30.8. The average molecular weight is 621 g/mol. The lowest BCUT2D eigenvalue weighted by Crippen LogP contribution is -2.50. The van der Waals surface area contributed by atoms with Gasteiger partial charge in [-0.15, -0.1) is 0 Å². The van der Waals surface area contributed by atoms with Gasteiger partial charge in [0.15, 0.2) is 23.2 Å². The van der Waals surface area contributed by atoms with Gasteiger partial charge in [-0.2, -0.15) is 10.1 Å². The molecule has 16 heteroatoms. The molecule has 6 atom stereocenters. The molecule has 2 unspecified atom stereocenters. The minimum atomic E-state index is -4.17. The first-order valence-electron chi connectivity index (χ1n) is 14.1. The predicted molar refractivity (Wildman–Crippen MR) is 154 cm³/mol. The molecular weight excluding hydrogens is 583 g/mol. The molecule has 1 aliphatic carbocycles. The fourth-order valence-corrected chi connectivity index (χ4v) is 6.84. The molecule has 0 amide bonds. The van der Waals surface area contributed by atoms with Crippen LogP contribution in [0.1, 0.15) is 52.7 Å². The van der Waals surface area contributed by atoms with Crippen LogP contribution < -0.4 is 20.9 Å². The van der Waals surface area contributed by atoms with E-state index in [0.717, 1.165) is 12.8 Å². The van der Waals surface area contributed by atoms with Crippen molar-refractivity contribution in [3.63, 3.8) is 0 Å². The Morgan fingerprint density at radius 1 is 1.23 bits per heavy atom. The largest absolute Gasteiger partial charge is 0.468 e. The van der Waals surface area contributed by atoms with Crippen molar-refractivity contribution in [3.8, 4) is 5.75 Å². The number of rotatable bonds is 9. The number of fused-ring (bicyclic) bond motifs is 1. The summed E-state index contributed by atoms with van der Waals surface area (Å²) in [5, 5.41) is 2.65. The number of hydrogen-bond acceptors (Lipinski definition) is 12. The summed E-state index contributed by atoms with van der Waals surface area (Å²) in [6.07, 6.45) is 1.74. The first kappa shape index (κ1) is 31.1. The standard InChI is InChI=1S/C27H37N6O9P/c1-16(25(35)37-4)32-43(36,42-19-10-6-5-7-11-19)38-14-20-17(2)40-27(12-8-9-13-27)41-18(3)24(39-20)33-15-29-21-22(33)30-26(28)31-23(21)34/h5-7,10-11,15-18,20,24H,8-9,12-14H2,1-4H3,(H,32,36)(H3,28,30,31,34)/t16-,17+,18?,20+,24+,43?/m0/s1. The molecule has 1 saturated carbocycles. The van der Waals surface area contributed by atoms with Gasteiger partial charge in [-0.3, -0.25) is 23.7 Å². The maximum atomic E-state index is 14.0. The van der Waals surface area contributed by atoms with Crippen molar-refractivity contribution in [1.82, 2.24) is 24.6 Å². The fourth-order valence-electron chi connectivity index (χ4n) is 5.33. The number of nitrogens with one attached hydrogen (secondary N) is 2. The molecule has 2 aromatic heterocycles. The van der Waals surface area contributed by atoms with Crippen molar-refractivity contribution < 1.29 is 37.4 Å². The number of H-pyrrole nitrogens is 1. The van der Waals surface area contributed by atoms with Gasteiger partial charge in [0.05, 0.1) is 26.1 Å². The van der Waals surface area contributed by atoms with E-state index in [0.29, 0.717) is 12.8 Å². The summed E-state index contributed by atoms with van der Waals surface area (Å²) in [6, 6.07) is 7.42. The van der Waals surface area contributed by atoms with Gasteiger partial charge >= 0.3 is 13.7 Å². The van der Waals surface area contributed by atoms with Crippen LogP contribution in [0.5, 0.6) is 5.75 Å². The lowest BCUT2D eigenvalue weighted by Gasteiger charge is -2.43. The van der Waals surface area contributed by atoms with Crippen LogP contribution in [-0.4, -0.2) is 69.3 Å². The van der Waals surface area contributed by atoms with E-state index in [1.807, 2.05) is 13.8 Å². The summed E-state index contributed by atoms with van der Waals surface area (Å²) < 4.78 is 51.6. The Hall–Kier alpha value is -3.33. The number of aromatic amines is 1. The van der Waals surface area contributed by atoms with Crippen LogP contribution >= 0.6 is 7.75 Å². The summed E-state index contributed by atoms with van der Waals surface area (Å²) in [5.74, 6) is -1.34. The highest BCUT2D eigenvalue weighted by Crippen LogP contribution is 2.46. The quantitative estimate of drug-likeness (QED) is 0.234. The second kappa shape index (κ2) is 12.7. The first-order chi connectivity index (χ1) is 20.5. The van der Waals surface area contributed by atoms with Gasteiger partial charge < -0.3 is 29.2 Å². The topological polar surface area (TPSA) is 191 Å². The number of benzene rings is 1. The van der Waals surface area contributed by atoms with Crippen molar-refractivity contribution in [2.45, 2.75) is 82.8 Å². The second-order valence-corrected chi connectivity index (χ2v) is 12.4. The van der Waals surface area contributed by atoms with E-state index in [1.165, 1.54) is 20.4 Å². The van der Waals surface area contributed by atoms with Crippen molar-refractivity contribution in [2.75, 3.05) is 19.5 Å². The van der Waals surface area contributed by atoms with Gasteiger partial charge in [0.25, 0.3) is 5.56 Å². The van der Waals surface area contributed by atoms with Crippen LogP contribution in [0.15, 0.2) is 41.5 Å². The lowest BCUT2D eigenvalue weighted by molar-refractivity contribution is -0.334. The minimum Gasteiger partial charge on any atom is -0.468 e. The van der Waals surface area contributed by atoms with E-state index in [-0.39, 0.29) is 29.5 Å². The highest BCUT2D eigenvalue weighted by Gasteiger charge is 2.46. The van der Waals surface area contributed by atoms with Crippen molar-refractivity contribution in [3.05, 3.63) is 47.0 Å². The molecule has 1 spiro atoms. The van der Waals surface area contributed by atoms with E-state index in [2.05, 4.69) is 20.0 Å². The molecule has 43 heavy (non-hydrogen) atoms. The molecule has 0 bridgehead atoms. The number of aromatic nitrogens is 4. The Morgan fingerprint density at radius 2 is 1.93 bits per heavy atom. The number of anilines is 1. The molecule has 3 aromatic rings. The Balaban J connectivity index is 1.47. The van der Waals surface area contributed by atoms with Gasteiger partial charge in [-0.25, -0.2) is 9.55 Å². The van der Waals surface area contributed by atoms with Crippen LogP contribution in [0, 0.1) is 0 Å². The van der Waals surface area contributed by atoms with Crippen LogP contribution in [0.3, 0.4) is 0 Å². The average Bonchev–Trinajstić information content (AvgIpc) is 3.59. The molecule has 2 fully saturated rings. The number of imidazole rings is 1. The predicted octanol–water partition coefficient (Wildman–Crippen LogP) is 3.03. The molecule has 15 nitrogen and oxygen atoms in total. The SMILES string of the molecule is COC(=O)[C@H](C)NP(=O)(OC[C@H]1O[C@@H](n2cnc3c(=O)[nH]c(N)nc32)C(C)OC2(CCCC2)O[C@@H]1C)Oc1ccccc1. The van der Waals surface area contributed by atoms with Gasteiger partial charge in [0.1, 0.15) is 24.0 Å². The third-order valence-electron chi connectivity index (χ3n) is 7.41. The smallest absolute Gasteiger partial charge is 0.459 e. The number of para-hydroxylation sites is 1. The molecule has 234 valence electrons. The van der Waals surface area contributed by atoms with Gasteiger partial charge in [0, 0.05) is 12.8 Å². The zero-order valence-electron chi connectivity index (χ0n) is 24.4. The molecule has 3 heterocycles. The Bertz CT molecular complexity index is 1530. The number of esters is 1. The summed E-state index contributed by atoms with van der Waals surface area (Å²) in [7, 11) is -2.95. The zero-order valence-corrected chi connectivity index (χ0v) is 25.3. The number of ether oxygens (including phenoxy) is 4. The molecule has 1 aliphatic heterocycles. The van der Waals surface area contributed by atoms with Crippen molar-refractivity contribution in [2.24, 2.45) is 0 Å². The number of nitrogen functional groups attached to an aromatic ring is 1. The third-order valence-corrected chi connectivity index (χ3v) is 9.06. The van der Waals surface area contributed by atoms with Crippen LogP contribution in [0.4, 0.5) is 5.95 Å². The number of carbonyl (C=O) groups excluding carboxylic acids is 1. The Kier molecular flexibility index (Phi) is 9.20. The highest BCUT2D eigenvalue weighted by molar-refractivity contribution is 7.52. The third kappa shape index (κ3) is 6.92. The van der Waals surface area contributed by atoms with Gasteiger partial charge in [0.2, 0.25) is 5.95 Å². The van der Waals surface area contributed by atoms with E-state index >= 15 is 0 Å². The van der Waals surface area contributed by atoms with Crippen molar-refractivity contribution in [1.29, 1.82) is 0 Å². The molecular formula is C27H37N6O9P. The molecule has 2 aliphatic rings. The normalized spacial score (nSPS) is 26.0. The number of carbonyl (C=O) groups is 1. The molecule has 1 aromatic carbocycles. The molecule has 4 N–H and O–H groups in total. The van der Waals surface area contributed by atoms with E-state index in [1.54, 1.807) is 34.9 Å². The number of nitrogens with two attached hydrogens (primary N) is 1. The lowest BCUT2D eigenvalue weighted by atomic mass is 10.1. The summed E-state index contributed by atoms with van der Waals surface area (Å²) in [5.41, 5.74) is 5.65. The first-order valence-corrected chi connectivity index (χ1v) is 15.6. The monoisotopic (exact) mass is 620 g/mol. The number of methoxy groups -OCH3 is 1. The van der Waals surface area contributed by atoms with E-state index < -0.39 is 55.6 Å². The summed E-state index contributed by atoms with van der Waals surface area (Å²) >= 11 is 0.